The molecule has 0 aliphatic carbocycles. The van der Waals surface area contributed by atoms with Crippen LogP contribution in [-0.4, -0.2) is 66.3 Å². The van der Waals surface area contributed by atoms with Crippen molar-refractivity contribution < 1.29 is 4.79 Å². The van der Waals surface area contributed by atoms with Crippen molar-refractivity contribution in [3.63, 3.8) is 0 Å². The number of carbonyl (C=O) groups is 1. The molecule has 4 rings (SSSR count). The second kappa shape index (κ2) is 7.41. The Balaban J connectivity index is 1.43. The summed E-state index contributed by atoms with van der Waals surface area (Å²) in [6, 6.07) is 3.51. The highest BCUT2D eigenvalue weighted by Gasteiger charge is 2.26. The third kappa shape index (κ3) is 3.35. The summed E-state index contributed by atoms with van der Waals surface area (Å²) in [6.07, 6.45) is 6.87. The SMILES string of the molecule is Cc1ncn(-c2cc(N3CCN(C(=O)C(C)n4cccn4)CC3)ncn2)c1C. The third-order valence-corrected chi connectivity index (χ3v) is 5.33. The molecule has 1 aliphatic heterocycles. The molecule has 0 radical (unpaired) electrons. The second-order valence-corrected chi connectivity index (χ2v) is 6.99. The van der Waals surface area contributed by atoms with Crippen molar-refractivity contribution in [2.45, 2.75) is 26.8 Å². The minimum Gasteiger partial charge on any atom is -0.353 e. The molecule has 4 heterocycles. The molecule has 1 unspecified atom stereocenters. The molecule has 0 saturated carbocycles. The van der Waals surface area contributed by atoms with Crippen LogP contribution in [0.15, 0.2) is 37.2 Å². The van der Waals surface area contributed by atoms with Crippen LogP contribution in [-0.2, 0) is 4.79 Å². The van der Waals surface area contributed by atoms with Crippen LogP contribution in [0, 0.1) is 13.8 Å². The molecule has 0 N–H and O–H groups in total. The fourth-order valence-electron chi connectivity index (χ4n) is 3.41. The van der Waals surface area contributed by atoms with Crippen molar-refractivity contribution in [2.24, 2.45) is 0 Å². The number of imidazole rings is 1. The van der Waals surface area contributed by atoms with Crippen molar-refractivity contribution in [1.29, 1.82) is 0 Å². The predicted molar refractivity (Wildman–Crippen MR) is 104 cm³/mol. The average Bonchev–Trinajstić information content (AvgIpc) is 3.38. The van der Waals surface area contributed by atoms with Gasteiger partial charge in [0.2, 0.25) is 5.91 Å². The zero-order valence-electron chi connectivity index (χ0n) is 16.4. The van der Waals surface area contributed by atoms with Crippen molar-refractivity contribution in [1.82, 2.24) is 34.2 Å². The zero-order chi connectivity index (χ0) is 19.7. The molecule has 3 aromatic rings. The van der Waals surface area contributed by atoms with Gasteiger partial charge < -0.3 is 9.80 Å². The Labute approximate surface area is 163 Å². The van der Waals surface area contributed by atoms with E-state index in [9.17, 15) is 4.79 Å². The number of nitrogens with zero attached hydrogens (tertiary/aromatic N) is 8. The van der Waals surface area contributed by atoms with Gasteiger partial charge in [0.1, 0.15) is 30.3 Å². The maximum atomic E-state index is 12.7. The Bertz CT molecular complexity index is 956. The topological polar surface area (TPSA) is 85.0 Å². The van der Waals surface area contributed by atoms with Gasteiger partial charge >= 0.3 is 0 Å². The normalized spacial score (nSPS) is 15.7. The summed E-state index contributed by atoms with van der Waals surface area (Å²) in [7, 11) is 0. The highest BCUT2D eigenvalue weighted by Crippen LogP contribution is 2.19. The lowest BCUT2D eigenvalue weighted by atomic mass is 10.2. The summed E-state index contributed by atoms with van der Waals surface area (Å²) >= 11 is 0. The Hall–Kier alpha value is -3.23. The van der Waals surface area contributed by atoms with E-state index in [1.165, 1.54) is 0 Å². The lowest BCUT2D eigenvalue weighted by Gasteiger charge is -2.36. The van der Waals surface area contributed by atoms with Crippen molar-refractivity contribution in [3.05, 3.63) is 48.6 Å². The minimum atomic E-state index is -0.292. The molecule has 146 valence electrons. The number of aromatic nitrogens is 6. The molecular weight excluding hydrogens is 356 g/mol. The molecule has 3 aromatic heterocycles. The Morgan fingerprint density at radius 2 is 1.82 bits per heavy atom. The Kier molecular flexibility index (Phi) is 4.81. The van der Waals surface area contributed by atoms with Crippen LogP contribution in [0.4, 0.5) is 5.82 Å². The number of hydrogen-bond donors (Lipinski definition) is 0. The molecule has 1 fully saturated rings. The summed E-state index contributed by atoms with van der Waals surface area (Å²) in [5, 5.41) is 4.18. The minimum absolute atomic E-state index is 0.0937. The van der Waals surface area contributed by atoms with Gasteiger partial charge in [0.25, 0.3) is 0 Å². The highest BCUT2D eigenvalue weighted by molar-refractivity contribution is 5.80. The molecule has 0 bridgehead atoms. The quantitative estimate of drug-likeness (QED) is 0.680. The molecule has 0 spiro atoms. The number of anilines is 1. The van der Waals surface area contributed by atoms with E-state index in [4.69, 9.17) is 0 Å². The standard InChI is InChI=1S/C19H24N8O/c1-14-15(2)26(13-22-14)18-11-17(20-12-21-18)24-7-9-25(10-8-24)19(28)16(3)27-6-4-5-23-27/h4-6,11-13,16H,7-10H2,1-3H3. The number of aryl methyl sites for hydroxylation is 1. The van der Waals surface area contributed by atoms with E-state index in [1.54, 1.807) is 23.5 Å². The summed E-state index contributed by atoms with van der Waals surface area (Å²) in [5.74, 6) is 1.76. The molecule has 1 saturated heterocycles. The smallest absolute Gasteiger partial charge is 0.247 e. The lowest BCUT2D eigenvalue weighted by molar-refractivity contribution is -0.134. The summed E-state index contributed by atoms with van der Waals surface area (Å²) < 4.78 is 3.66. The first-order valence-electron chi connectivity index (χ1n) is 9.40. The van der Waals surface area contributed by atoms with Gasteiger partial charge in [-0.3, -0.25) is 14.0 Å². The summed E-state index contributed by atoms with van der Waals surface area (Å²) in [6.45, 7) is 8.67. The fourth-order valence-corrected chi connectivity index (χ4v) is 3.41. The zero-order valence-corrected chi connectivity index (χ0v) is 16.4. The maximum absolute atomic E-state index is 12.7. The number of carbonyl (C=O) groups excluding carboxylic acids is 1. The second-order valence-electron chi connectivity index (χ2n) is 6.99. The number of piperazine rings is 1. The van der Waals surface area contributed by atoms with Crippen molar-refractivity contribution in [3.8, 4) is 5.82 Å². The van der Waals surface area contributed by atoms with Gasteiger partial charge in [0, 0.05) is 50.3 Å². The third-order valence-electron chi connectivity index (χ3n) is 5.33. The van der Waals surface area contributed by atoms with Gasteiger partial charge in [-0.25, -0.2) is 15.0 Å². The van der Waals surface area contributed by atoms with E-state index >= 15 is 0 Å². The molecule has 28 heavy (non-hydrogen) atoms. The molecule has 1 atom stereocenters. The average molecular weight is 380 g/mol. The fraction of sp³-hybridized carbons (Fsp3) is 0.421. The van der Waals surface area contributed by atoms with Gasteiger partial charge in [0.05, 0.1) is 5.69 Å². The number of hydrogen-bond acceptors (Lipinski definition) is 6. The molecule has 9 heteroatoms. The van der Waals surface area contributed by atoms with Crippen LogP contribution in [0.3, 0.4) is 0 Å². The van der Waals surface area contributed by atoms with Gasteiger partial charge in [-0.15, -0.1) is 0 Å². The van der Waals surface area contributed by atoms with Gasteiger partial charge in [-0.2, -0.15) is 5.10 Å². The van der Waals surface area contributed by atoms with E-state index in [1.807, 2.05) is 48.6 Å². The Morgan fingerprint density at radius 1 is 1.07 bits per heavy atom. The van der Waals surface area contributed by atoms with Crippen LogP contribution >= 0.6 is 0 Å². The van der Waals surface area contributed by atoms with E-state index < -0.39 is 0 Å². The predicted octanol–water partition coefficient (Wildman–Crippen LogP) is 1.39. The van der Waals surface area contributed by atoms with Gasteiger partial charge in [0.15, 0.2) is 0 Å². The molecular formula is C19H24N8O. The van der Waals surface area contributed by atoms with E-state index in [0.717, 1.165) is 36.1 Å². The van der Waals surface area contributed by atoms with E-state index in [0.29, 0.717) is 13.1 Å². The van der Waals surface area contributed by atoms with Crippen molar-refractivity contribution >= 4 is 11.7 Å². The first-order valence-corrected chi connectivity index (χ1v) is 9.40. The monoisotopic (exact) mass is 380 g/mol. The van der Waals surface area contributed by atoms with Crippen LogP contribution in [0.2, 0.25) is 0 Å². The molecule has 1 aliphatic rings. The van der Waals surface area contributed by atoms with E-state index in [-0.39, 0.29) is 11.9 Å². The maximum Gasteiger partial charge on any atom is 0.247 e. The van der Waals surface area contributed by atoms with Crippen LogP contribution in [0.1, 0.15) is 24.4 Å². The van der Waals surface area contributed by atoms with Crippen LogP contribution < -0.4 is 4.90 Å². The van der Waals surface area contributed by atoms with E-state index in [2.05, 4.69) is 25.0 Å². The first-order chi connectivity index (χ1) is 13.5. The van der Waals surface area contributed by atoms with Gasteiger partial charge in [-0.05, 0) is 26.8 Å². The van der Waals surface area contributed by atoms with Crippen LogP contribution in [0.25, 0.3) is 5.82 Å². The Morgan fingerprint density at radius 3 is 2.46 bits per heavy atom. The van der Waals surface area contributed by atoms with Crippen LogP contribution in [0.5, 0.6) is 0 Å². The lowest BCUT2D eigenvalue weighted by Crippen LogP contribution is -2.50. The summed E-state index contributed by atoms with van der Waals surface area (Å²) in [5.41, 5.74) is 2.05. The largest absolute Gasteiger partial charge is 0.353 e. The summed E-state index contributed by atoms with van der Waals surface area (Å²) in [4.78, 5) is 30.0. The highest BCUT2D eigenvalue weighted by atomic mass is 16.2. The number of rotatable bonds is 4. The molecule has 1 amide bonds. The van der Waals surface area contributed by atoms with Gasteiger partial charge in [-0.1, -0.05) is 0 Å². The molecule has 0 aromatic carbocycles. The number of amides is 1. The van der Waals surface area contributed by atoms with Crippen molar-refractivity contribution in [2.75, 3.05) is 31.1 Å². The first kappa shape index (κ1) is 18.1. The molecule has 9 nitrogen and oxygen atoms in total.